The van der Waals surface area contributed by atoms with Crippen molar-refractivity contribution in [1.29, 1.82) is 5.26 Å². The summed E-state index contributed by atoms with van der Waals surface area (Å²) in [6.45, 7) is 0.504. The van der Waals surface area contributed by atoms with Crippen LogP contribution in [0, 0.1) is 11.5 Å². The van der Waals surface area contributed by atoms with Gasteiger partial charge in [-0.2, -0.15) is 5.26 Å². The van der Waals surface area contributed by atoms with Crippen molar-refractivity contribution >= 4 is 29.0 Å². The van der Waals surface area contributed by atoms with Gasteiger partial charge in [0, 0.05) is 35.9 Å². The summed E-state index contributed by atoms with van der Waals surface area (Å²) >= 11 is 5.81. The number of hydrogen-bond donors (Lipinski definition) is 1. The number of Topliss-reactive ketones (excluding diaryl/α,β-unsaturated/α-hetero) is 1. The third-order valence-electron chi connectivity index (χ3n) is 3.75. The highest BCUT2D eigenvalue weighted by Gasteiger charge is 2.09. The number of aromatic nitrogens is 1. The minimum absolute atomic E-state index is 0.109. The van der Waals surface area contributed by atoms with E-state index in [1.807, 2.05) is 6.19 Å². The molecule has 0 bridgehead atoms. The maximum atomic E-state index is 12.0. The Morgan fingerprint density at radius 3 is 2.50 bits per heavy atom. The van der Waals surface area contributed by atoms with Crippen LogP contribution in [-0.2, 0) is 0 Å². The predicted molar refractivity (Wildman–Crippen MR) is 103 cm³/mol. The Hall–Kier alpha value is -2.91. The third kappa shape index (κ3) is 5.87. The molecule has 0 saturated carbocycles. The van der Waals surface area contributed by atoms with E-state index < -0.39 is 0 Å². The van der Waals surface area contributed by atoms with E-state index in [1.54, 1.807) is 48.8 Å². The Kier molecular flexibility index (Phi) is 7.59. The second-order valence-corrected chi connectivity index (χ2v) is 6.06. The Morgan fingerprint density at radius 1 is 1.15 bits per heavy atom. The molecule has 0 atom stereocenters. The Balaban J connectivity index is 1.72. The van der Waals surface area contributed by atoms with Crippen LogP contribution >= 0.6 is 11.6 Å². The van der Waals surface area contributed by atoms with Gasteiger partial charge >= 0.3 is 0 Å². The lowest BCUT2D eigenvalue weighted by Gasteiger charge is -2.13. The zero-order valence-electron chi connectivity index (χ0n) is 14.3. The summed E-state index contributed by atoms with van der Waals surface area (Å²) in [5.41, 5.74) is 7.18. The topological polar surface area (TPSA) is 95.4 Å². The summed E-state index contributed by atoms with van der Waals surface area (Å²) in [6, 6.07) is 10.3. The van der Waals surface area contributed by atoms with E-state index in [0.717, 1.165) is 19.3 Å². The molecule has 7 heteroatoms. The van der Waals surface area contributed by atoms with Crippen molar-refractivity contribution in [3.05, 3.63) is 59.4 Å². The van der Waals surface area contributed by atoms with Crippen molar-refractivity contribution in [2.75, 3.05) is 11.4 Å². The standard InChI is InChI=1S/C19H20ClN5O/c20-16-7-5-15(6-8-16)18(26)4-2-1-3-11-24-19(22)25(14-21)17-9-12-23-13-10-17/h5-10,12-13H,1-4,11H2,(H2,22,24). The van der Waals surface area contributed by atoms with Crippen LogP contribution in [0.4, 0.5) is 5.69 Å². The van der Waals surface area contributed by atoms with Gasteiger partial charge in [0.1, 0.15) is 0 Å². The van der Waals surface area contributed by atoms with Gasteiger partial charge in [-0.25, -0.2) is 4.90 Å². The summed E-state index contributed by atoms with van der Waals surface area (Å²) in [4.78, 5) is 21.4. The van der Waals surface area contributed by atoms with E-state index in [0.29, 0.717) is 29.2 Å². The summed E-state index contributed by atoms with van der Waals surface area (Å²) in [7, 11) is 0. The first-order valence-electron chi connectivity index (χ1n) is 8.30. The SMILES string of the molecule is N#CN(C(N)=NCCCCCC(=O)c1ccc(Cl)cc1)c1ccncc1. The van der Waals surface area contributed by atoms with E-state index in [1.165, 1.54) is 4.90 Å². The molecule has 1 aromatic carbocycles. The minimum atomic E-state index is 0.109. The molecule has 0 fully saturated rings. The number of ketones is 1. The molecule has 2 rings (SSSR count). The van der Waals surface area contributed by atoms with Crippen LogP contribution in [0.1, 0.15) is 36.0 Å². The van der Waals surface area contributed by atoms with Gasteiger partial charge in [-0.1, -0.05) is 18.0 Å². The Labute approximate surface area is 157 Å². The Morgan fingerprint density at radius 2 is 1.85 bits per heavy atom. The average Bonchev–Trinajstić information content (AvgIpc) is 2.66. The number of halogens is 1. The molecule has 2 N–H and O–H groups in total. The number of carbonyl (C=O) groups is 1. The maximum Gasteiger partial charge on any atom is 0.209 e. The van der Waals surface area contributed by atoms with E-state index >= 15 is 0 Å². The number of aliphatic imine (C=N–C) groups is 1. The monoisotopic (exact) mass is 369 g/mol. The van der Waals surface area contributed by atoms with Crippen molar-refractivity contribution in [2.24, 2.45) is 10.7 Å². The summed E-state index contributed by atoms with van der Waals surface area (Å²) < 4.78 is 0. The van der Waals surface area contributed by atoms with Gasteiger partial charge in [0.2, 0.25) is 5.96 Å². The second-order valence-electron chi connectivity index (χ2n) is 5.62. The first-order valence-corrected chi connectivity index (χ1v) is 8.68. The molecule has 1 heterocycles. The maximum absolute atomic E-state index is 12.0. The molecule has 26 heavy (non-hydrogen) atoms. The summed E-state index contributed by atoms with van der Waals surface area (Å²) in [5, 5.41) is 9.85. The number of unbranched alkanes of at least 4 members (excludes halogenated alkanes) is 2. The molecule has 0 unspecified atom stereocenters. The van der Waals surface area contributed by atoms with Crippen LogP contribution < -0.4 is 10.6 Å². The molecule has 2 aromatic rings. The number of nitrogens with two attached hydrogens (primary N) is 1. The molecular formula is C19H20ClN5O. The number of nitrogens with zero attached hydrogens (tertiary/aromatic N) is 4. The van der Waals surface area contributed by atoms with Crippen LogP contribution in [-0.4, -0.2) is 23.3 Å². The number of nitriles is 1. The molecule has 6 nitrogen and oxygen atoms in total. The largest absolute Gasteiger partial charge is 0.369 e. The lowest BCUT2D eigenvalue weighted by atomic mass is 10.0. The van der Waals surface area contributed by atoms with Gasteiger partial charge in [-0.3, -0.25) is 14.8 Å². The first kappa shape index (κ1) is 19.4. The number of hydrogen-bond acceptors (Lipinski definition) is 4. The average molecular weight is 370 g/mol. The first-order chi connectivity index (χ1) is 12.6. The molecule has 0 aliphatic carbocycles. The molecule has 0 radical (unpaired) electrons. The minimum Gasteiger partial charge on any atom is -0.369 e. The van der Waals surface area contributed by atoms with Crippen LogP contribution in [0.25, 0.3) is 0 Å². The zero-order chi connectivity index (χ0) is 18.8. The fourth-order valence-electron chi connectivity index (χ4n) is 2.35. The molecule has 0 aliphatic rings. The van der Waals surface area contributed by atoms with E-state index in [-0.39, 0.29) is 11.7 Å². The zero-order valence-corrected chi connectivity index (χ0v) is 15.1. The molecule has 0 spiro atoms. The van der Waals surface area contributed by atoms with E-state index in [2.05, 4.69) is 9.98 Å². The van der Waals surface area contributed by atoms with Crippen LogP contribution in [0.2, 0.25) is 5.02 Å². The highest BCUT2D eigenvalue weighted by Crippen LogP contribution is 2.13. The smallest absolute Gasteiger partial charge is 0.209 e. The van der Waals surface area contributed by atoms with Crippen molar-refractivity contribution in [2.45, 2.75) is 25.7 Å². The van der Waals surface area contributed by atoms with Gasteiger partial charge in [0.15, 0.2) is 12.0 Å². The van der Waals surface area contributed by atoms with Gasteiger partial charge in [0.05, 0.1) is 5.69 Å². The second kappa shape index (κ2) is 10.2. The van der Waals surface area contributed by atoms with E-state index in [9.17, 15) is 10.1 Å². The van der Waals surface area contributed by atoms with Crippen molar-refractivity contribution < 1.29 is 4.79 Å². The molecule has 0 saturated heterocycles. The van der Waals surface area contributed by atoms with Crippen molar-refractivity contribution in [3.8, 4) is 6.19 Å². The molecule has 0 amide bonds. The lowest BCUT2D eigenvalue weighted by Crippen LogP contribution is -2.33. The normalized spacial score (nSPS) is 11.0. The van der Waals surface area contributed by atoms with Crippen molar-refractivity contribution in [3.63, 3.8) is 0 Å². The fraction of sp³-hybridized carbons (Fsp3) is 0.263. The van der Waals surface area contributed by atoms with Gasteiger partial charge in [-0.05, 0) is 49.2 Å². The third-order valence-corrected chi connectivity index (χ3v) is 4.00. The number of guanidine groups is 1. The van der Waals surface area contributed by atoms with Gasteiger partial charge in [-0.15, -0.1) is 0 Å². The molecule has 1 aromatic heterocycles. The molecule has 0 aliphatic heterocycles. The number of benzene rings is 1. The fourth-order valence-corrected chi connectivity index (χ4v) is 2.48. The van der Waals surface area contributed by atoms with Gasteiger partial charge < -0.3 is 5.73 Å². The lowest BCUT2D eigenvalue weighted by molar-refractivity contribution is 0.0979. The highest BCUT2D eigenvalue weighted by molar-refractivity contribution is 6.30. The quantitative estimate of drug-likeness (QED) is 0.191. The summed E-state index contributed by atoms with van der Waals surface area (Å²) in [5.74, 6) is 0.258. The predicted octanol–water partition coefficient (Wildman–Crippen LogP) is 3.78. The van der Waals surface area contributed by atoms with E-state index in [4.69, 9.17) is 17.3 Å². The summed E-state index contributed by atoms with van der Waals surface area (Å²) in [6.07, 6.45) is 8.10. The van der Waals surface area contributed by atoms with Crippen molar-refractivity contribution in [1.82, 2.24) is 4.98 Å². The number of anilines is 1. The molecular weight excluding hydrogens is 350 g/mol. The van der Waals surface area contributed by atoms with Crippen LogP contribution in [0.5, 0.6) is 0 Å². The van der Waals surface area contributed by atoms with Crippen LogP contribution in [0.15, 0.2) is 53.8 Å². The Bertz CT molecular complexity index is 784. The number of rotatable bonds is 8. The van der Waals surface area contributed by atoms with Gasteiger partial charge in [0.25, 0.3) is 0 Å². The number of pyridine rings is 1. The highest BCUT2D eigenvalue weighted by atomic mass is 35.5. The molecule has 134 valence electrons. The number of carbonyl (C=O) groups excluding carboxylic acids is 1. The van der Waals surface area contributed by atoms with Crippen LogP contribution in [0.3, 0.4) is 0 Å².